The standard InChI is InChI=1S/C16H29NO6/c1-11(9-10-12(18)21-8)17(13(19)22-15(2,3)4)14(20)23-16(5,6)7/h11H,9-10H2,1-8H3/t11-/m1/s1. The number of hydrogen-bond donors (Lipinski definition) is 0. The molecule has 23 heavy (non-hydrogen) atoms. The van der Waals surface area contributed by atoms with E-state index in [-0.39, 0.29) is 12.8 Å². The molecule has 2 amide bonds. The van der Waals surface area contributed by atoms with E-state index in [1.807, 2.05) is 0 Å². The lowest BCUT2D eigenvalue weighted by atomic mass is 10.1. The van der Waals surface area contributed by atoms with E-state index in [9.17, 15) is 14.4 Å². The average molecular weight is 331 g/mol. The first-order chi connectivity index (χ1) is 10.3. The van der Waals surface area contributed by atoms with Crippen molar-refractivity contribution in [2.45, 2.75) is 78.6 Å². The summed E-state index contributed by atoms with van der Waals surface area (Å²) in [6, 6.07) is -0.571. The number of carbonyl (C=O) groups excluding carboxylic acids is 3. The van der Waals surface area contributed by atoms with Crippen molar-refractivity contribution in [1.82, 2.24) is 4.90 Å². The Labute approximate surface area is 138 Å². The molecule has 0 fully saturated rings. The van der Waals surface area contributed by atoms with Crippen molar-refractivity contribution < 1.29 is 28.6 Å². The molecule has 1 atom stereocenters. The van der Waals surface area contributed by atoms with E-state index >= 15 is 0 Å². The van der Waals surface area contributed by atoms with Crippen molar-refractivity contribution in [3.8, 4) is 0 Å². The van der Waals surface area contributed by atoms with E-state index < -0.39 is 35.4 Å². The Morgan fingerprint density at radius 1 is 0.913 bits per heavy atom. The van der Waals surface area contributed by atoms with Gasteiger partial charge in [-0.3, -0.25) is 4.79 Å². The molecule has 0 saturated carbocycles. The van der Waals surface area contributed by atoms with Gasteiger partial charge in [0.2, 0.25) is 0 Å². The third-order valence-electron chi connectivity index (χ3n) is 2.62. The van der Waals surface area contributed by atoms with Crippen LogP contribution in [0.3, 0.4) is 0 Å². The summed E-state index contributed by atoms with van der Waals surface area (Å²) in [5.41, 5.74) is -1.50. The van der Waals surface area contributed by atoms with Crippen molar-refractivity contribution in [1.29, 1.82) is 0 Å². The van der Waals surface area contributed by atoms with Crippen molar-refractivity contribution in [3.05, 3.63) is 0 Å². The molecule has 0 rings (SSSR count). The van der Waals surface area contributed by atoms with E-state index in [0.29, 0.717) is 0 Å². The lowest BCUT2D eigenvalue weighted by Gasteiger charge is -2.31. The molecule has 0 bridgehead atoms. The van der Waals surface area contributed by atoms with Gasteiger partial charge in [-0.05, 0) is 54.9 Å². The van der Waals surface area contributed by atoms with Gasteiger partial charge in [0, 0.05) is 12.5 Å². The zero-order valence-electron chi connectivity index (χ0n) is 15.4. The van der Waals surface area contributed by atoms with Crippen LogP contribution in [0.5, 0.6) is 0 Å². The van der Waals surface area contributed by atoms with Crippen LogP contribution in [0.2, 0.25) is 0 Å². The summed E-state index contributed by atoms with van der Waals surface area (Å²) in [7, 11) is 1.28. The van der Waals surface area contributed by atoms with Crippen LogP contribution in [-0.4, -0.2) is 47.4 Å². The largest absolute Gasteiger partial charge is 0.469 e. The minimum atomic E-state index is -0.802. The normalized spacial score (nSPS) is 13.0. The van der Waals surface area contributed by atoms with Gasteiger partial charge in [0.15, 0.2) is 0 Å². The second kappa shape index (κ2) is 8.17. The first-order valence-corrected chi connectivity index (χ1v) is 7.59. The van der Waals surface area contributed by atoms with Crippen molar-refractivity contribution in [2.75, 3.05) is 7.11 Å². The van der Waals surface area contributed by atoms with Crippen LogP contribution in [-0.2, 0) is 19.0 Å². The highest BCUT2D eigenvalue weighted by Crippen LogP contribution is 2.18. The quantitative estimate of drug-likeness (QED) is 0.579. The highest BCUT2D eigenvalue weighted by atomic mass is 16.6. The van der Waals surface area contributed by atoms with Gasteiger partial charge in [0.25, 0.3) is 0 Å². The van der Waals surface area contributed by atoms with E-state index in [0.717, 1.165) is 4.90 Å². The van der Waals surface area contributed by atoms with E-state index in [1.165, 1.54) is 7.11 Å². The summed E-state index contributed by atoms with van der Waals surface area (Å²) >= 11 is 0. The summed E-state index contributed by atoms with van der Waals surface area (Å²) in [6.45, 7) is 11.9. The molecule has 0 spiro atoms. The van der Waals surface area contributed by atoms with Gasteiger partial charge in [0.1, 0.15) is 11.2 Å². The number of carbonyl (C=O) groups is 3. The van der Waals surface area contributed by atoms with Crippen LogP contribution in [0.1, 0.15) is 61.3 Å². The lowest BCUT2D eigenvalue weighted by Crippen LogP contribution is -2.48. The Hall–Kier alpha value is -1.79. The fourth-order valence-electron chi connectivity index (χ4n) is 1.61. The molecule has 0 aromatic rings. The Bertz CT molecular complexity index is 405. The second-order valence-corrected chi connectivity index (χ2v) is 7.29. The third-order valence-corrected chi connectivity index (χ3v) is 2.62. The van der Waals surface area contributed by atoms with Gasteiger partial charge < -0.3 is 14.2 Å². The minimum Gasteiger partial charge on any atom is -0.469 e. The van der Waals surface area contributed by atoms with Crippen LogP contribution in [0.15, 0.2) is 0 Å². The maximum atomic E-state index is 12.3. The predicted molar refractivity (Wildman–Crippen MR) is 85.0 cm³/mol. The van der Waals surface area contributed by atoms with Crippen molar-refractivity contribution in [2.24, 2.45) is 0 Å². The molecule has 0 heterocycles. The number of hydrogen-bond acceptors (Lipinski definition) is 6. The van der Waals surface area contributed by atoms with Gasteiger partial charge in [-0.1, -0.05) is 0 Å². The summed E-state index contributed by atoms with van der Waals surface area (Å²) in [4.78, 5) is 36.8. The minimum absolute atomic E-state index is 0.0831. The molecule has 0 unspecified atom stereocenters. The molecule has 7 nitrogen and oxygen atoms in total. The monoisotopic (exact) mass is 331 g/mol. The number of nitrogens with zero attached hydrogens (tertiary/aromatic N) is 1. The van der Waals surface area contributed by atoms with E-state index in [2.05, 4.69) is 4.74 Å². The maximum Gasteiger partial charge on any atom is 0.420 e. The summed E-state index contributed by atoms with van der Waals surface area (Å²) in [5, 5.41) is 0. The molecule has 0 radical (unpaired) electrons. The SMILES string of the molecule is COC(=O)CC[C@@H](C)N(C(=O)OC(C)(C)C)C(=O)OC(C)(C)C. The number of rotatable bonds is 4. The van der Waals surface area contributed by atoms with E-state index in [1.54, 1.807) is 48.5 Å². The molecule has 0 aliphatic carbocycles. The fraction of sp³-hybridized carbons (Fsp3) is 0.812. The number of amides is 2. The Kier molecular flexibility index (Phi) is 7.54. The molecular weight excluding hydrogens is 302 g/mol. The van der Waals surface area contributed by atoms with Crippen LogP contribution >= 0.6 is 0 Å². The number of methoxy groups -OCH3 is 1. The maximum absolute atomic E-state index is 12.3. The second-order valence-electron chi connectivity index (χ2n) is 7.29. The predicted octanol–water partition coefficient (Wildman–Crippen LogP) is 3.50. The molecule has 0 N–H and O–H groups in total. The first kappa shape index (κ1) is 21.2. The number of imide groups is 1. The van der Waals surface area contributed by atoms with E-state index in [4.69, 9.17) is 9.47 Å². The molecule has 0 saturated heterocycles. The molecule has 7 heteroatoms. The molecule has 0 aromatic carbocycles. The Balaban J connectivity index is 5.16. The lowest BCUT2D eigenvalue weighted by molar-refractivity contribution is -0.141. The smallest absolute Gasteiger partial charge is 0.420 e. The zero-order valence-corrected chi connectivity index (χ0v) is 15.4. The highest BCUT2D eigenvalue weighted by Gasteiger charge is 2.34. The molecular formula is C16H29NO6. The van der Waals surface area contributed by atoms with Crippen molar-refractivity contribution >= 4 is 18.2 Å². The van der Waals surface area contributed by atoms with Gasteiger partial charge in [0.05, 0.1) is 7.11 Å². The summed E-state index contributed by atoms with van der Waals surface area (Å²) < 4.78 is 15.1. The number of ether oxygens (including phenoxy) is 3. The first-order valence-electron chi connectivity index (χ1n) is 7.59. The molecule has 0 aliphatic rings. The Morgan fingerprint density at radius 2 is 1.30 bits per heavy atom. The Morgan fingerprint density at radius 3 is 1.61 bits per heavy atom. The molecule has 0 aliphatic heterocycles. The number of esters is 1. The van der Waals surface area contributed by atoms with Gasteiger partial charge >= 0.3 is 18.2 Å². The summed E-state index contributed by atoms with van der Waals surface area (Å²) in [5.74, 6) is -0.412. The third kappa shape index (κ3) is 9.05. The van der Waals surface area contributed by atoms with Crippen LogP contribution in [0, 0.1) is 0 Å². The molecule has 134 valence electrons. The van der Waals surface area contributed by atoms with Crippen LogP contribution in [0.4, 0.5) is 9.59 Å². The average Bonchev–Trinajstić information content (AvgIpc) is 2.31. The molecule has 0 aromatic heterocycles. The van der Waals surface area contributed by atoms with Gasteiger partial charge in [-0.2, -0.15) is 0 Å². The highest BCUT2D eigenvalue weighted by molar-refractivity contribution is 5.88. The fourth-order valence-corrected chi connectivity index (χ4v) is 1.61. The van der Waals surface area contributed by atoms with Gasteiger partial charge in [-0.15, -0.1) is 0 Å². The van der Waals surface area contributed by atoms with Crippen molar-refractivity contribution in [3.63, 3.8) is 0 Å². The van der Waals surface area contributed by atoms with Crippen LogP contribution in [0.25, 0.3) is 0 Å². The summed E-state index contributed by atoms with van der Waals surface area (Å²) in [6.07, 6.45) is -1.27. The van der Waals surface area contributed by atoms with Crippen LogP contribution < -0.4 is 0 Å². The van der Waals surface area contributed by atoms with Gasteiger partial charge in [-0.25, -0.2) is 14.5 Å². The topological polar surface area (TPSA) is 82.1 Å². The zero-order chi connectivity index (χ0) is 18.4.